The minimum Gasteiger partial charge on any atom is -0.465 e. The van der Waals surface area contributed by atoms with Crippen LogP contribution in [0.3, 0.4) is 0 Å². The van der Waals surface area contributed by atoms with E-state index in [1.807, 2.05) is 30.3 Å². The van der Waals surface area contributed by atoms with E-state index < -0.39 is 18.2 Å². The van der Waals surface area contributed by atoms with E-state index in [-0.39, 0.29) is 6.61 Å². The van der Waals surface area contributed by atoms with Gasteiger partial charge >= 0.3 is 5.97 Å². The van der Waals surface area contributed by atoms with Gasteiger partial charge in [0.1, 0.15) is 0 Å². The monoisotopic (exact) mass is 249 g/mol. The van der Waals surface area contributed by atoms with Crippen LogP contribution in [0.1, 0.15) is 12.5 Å². The van der Waals surface area contributed by atoms with Crippen LogP contribution in [0.4, 0.5) is 0 Å². The molecule has 0 saturated heterocycles. The molecule has 96 valence electrons. The highest BCUT2D eigenvalue weighted by atomic mass is 16.7. The predicted molar refractivity (Wildman–Crippen MR) is 64.8 cm³/mol. The van der Waals surface area contributed by atoms with Gasteiger partial charge in [-0.2, -0.15) is 0 Å². The average molecular weight is 249 g/mol. The molecule has 0 saturated carbocycles. The van der Waals surface area contributed by atoms with Gasteiger partial charge in [-0.1, -0.05) is 35.5 Å². The summed E-state index contributed by atoms with van der Waals surface area (Å²) >= 11 is 0. The highest BCUT2D eigenvalue weighted by Gasteiger charge is 2.39. The van der Waals surface area contributed by atoms with Crippen LogP contribution in [0.25, 0.3) is 0 Å². The zero-order chi connectivity index (χ0) is 13.0. The molecule has 1 N–H and O–H groups in total. The Morgan fingerprint density at radius 3 is 2.83 bits per heavy atom. The molecule has 2 atom stereocenters. The molecule has 18 heavy (non-hydrogen) atoms. The van der Waals surface area contributed by atoms with Gasteiger partial charge in [-0.3, -0.25) is 4.79 Å². The molecule has 0 aliphatic carbocycles. The summed E-state index contributed by atoms with van der Waals surface area (Å²) in [5.74, 6) is -1.33. The average Bonchev–Trinajstić information content (AvgIpc) is 2.72. The summed E-state index contributed by atoms with van der Waals surface area (Å²) in [6, 6.07) is 9.57. The molecule has 0 radical (unpaired) electrons. The molecule has 0 amide bonds. The lowest BCUT2D eigenvalue weighted by Gasteiger charge is -2.12. The SMILES string of the molecule is CCOC(=O)C1C(Cc2ccccc2)=NOC1O. The Balaban J connectivity index is 2.09. The van der Waals surface area contributed by atoms with Crippen molar-refractivity contribution in [2.75, 3.05) is 6.61 Å². The maximum Gasteiger partial charge on any atom is 0.321 e. The van der Waals surface area contributed by atoms with Crippen LogP contribution in [0.15, 0.2) is 35.5 Å². The van der Waals surface area contributed by atoms with Crippen LogP contribution in [0.2, 0.25) is 0 Å². The lowest BCUT2D eigenvalue weighted by molar-refractivity contribution is -0.160. The number of oxime groups is 1. The van der Waals surface area contributed by atoms with Gasteiger partial charge in [-0.05, 0) is 12.5 Å². The molecule has 2 unspecified atom stereocenters. The van der Waals surface area contributed by atoms with Crippen LogP contribution < -0.4 is 0 Å². The highest BCUT2D eigenvalue weighted by molar-refractivity contribution is 6.04. The van der Waals surface area contributed by atoms with Gasteiger partial charge in [0, 0.05) is 6.42 Å². The Kier molecular flexibility index (Phi) is 3.94. The second-order valence-electron chi connectivity index (χ2n) is 3.97. The number of carbonyl (C=O) groups excluding carboxylic acids is 1. The van der Waals surface area contributed by atoms with Crippen molar-refractivity contribution in [1.82, 2.24) is 0 Å². The number of esters is 1. The summed E-state index contributed by atoms with van der Waals surface area (Å²) in [6.07, 6.45) is -0.788. The van der Waals surface area contributed by atoms with E-state index in [0.29, 0.717) is 12.1 Å². The first-order chi connectivity index (χ1) is 8.72. The Morgan fingerprint density at radius 1 is 1.44 bits per heavy atom. The van der Waals surface area contributed by atoms with E-state index in [9.17, 15) is 9.90 Å². The van der Waals surface area contributed by atoms with E-state index in [2.05, 4.69) is 5.16 Å². The van der Waals surface area contributed by atoms with Gasteiger partial charge in [0.05, 0.1) is 12.3 Å². The van der Waals surface area contributed by atoms with Crippen molar-refractivity contribution >= 4 is 11.7 Å². The van der Waals surface area contributed by atoms with E-state index in [0.717, 1.165) is 5.56 Å². The molecule has 1 aromatic rings. The standard InChI is InChI=1S/C13H15NO4/c1-2-17-12(15)11-10(14-18-13(11)16)8-9-6-4-3-5-7-9/h3-7,11,13,16H,2,8H2,1H3. The Bertz CT molecular complexity index is 444. The minimum atomic E-state index is -1.25. The molecule has 5 heteroatoms. The highest BCUT2D eigenvalue weighted by Crippen LogP contribution is 2.21. The van der Waals surface area contributed by atoms with Crippen LogP contribution in [-0.4, -0.2) is 29.7 Å². The number of hydrogen-bond donors (Lipinski definition) is 1. The molecule has 1 aliphatic rings. The molecule has 2 rings (SSSR count). The number of ether oxygens (including phenoxy) is 1. The van der Waals surface area contributed by atoms with Gasteiger partial charge in [-0.15, -0.1) is 0 Å². The van der Waals surface area contributed by atoms with Crippen LogP contribution in [-0.2, 0) is 20.8 Å². The second-order valence-corrected chi connectivity index (χ2v) is 3.97. The second kappa shape index (κ2) is 5.64. The van der Waals surface area contributed by atoms with E-state index in [4.69, 9.17) is 9.57 Å². The van der Waals surface area contributed by atoms with Crippen LogP contribution in [0.5, 0.6) is 0 Å². The summed E-state index contributed by atoms with van der Waals surface area (Å²) in [4.78, 5) is 16.5. The summed E-state index contributed by atoms with van der Waals surface area (Å²) in [6.45, 7) is 1.98. The lowest BCUT2D eigenvalue weighted by Crippen LogP contribution is -2.33. The fraction of sp³-hybridized carbons (Fsp3) is 0.385. The summed E-state index contributed by atoms with van der Waals surface area (Å²) in [5, 5.41) is 13.4. The van der Waals surface area contributed by atoms with Crippen molar-refractivity contribution in [1.29, 1.82) is 0 Å². The molecule has 1 aromatic carbocycles. The predicted octanol–water partition coefficient (Wildman–Crippen LogP) is 1.11. The number of hydrogen-bond acceptors (Lipinski definition) is 5. The molecular formula is C13H15NO4. The zero-order valence-electron chi connectivity index (χ0n) is 10.1. The molecule has 0 aromatic heterocycles. The van der Waals surface area contributed by atoms with Crippen molar-refractivity contribution in [3.63, 3.8) is 0 Å². The van der Waals surface area contributed by atoms with E-state index in [1.54, 1.807) is 6.92 Å². The first-order valence-electron chi connectivity index (χ1n) is 5.83. The number of carbonyl (C=O) groups is 1. The largest absolute Gasteiger partial charge is 0.465 e. The molecule has 0 spiro atoms. The van der Waals surface area contributed by atoms with Crippen molar-refractivity contribution in [2.24, 2.45) is 11.1 Å². The first kappa shape index (κ1) is 12.6. The van der Waals surface area contributed by atoms with Crippen molar-refractivity contribution in [3.8, 4) is 0 Å². The summed E-state index contributed by atoms with van der Waals surface area (Å²) in [7, 11) is 0. The molecule has 1 heterocycles. The van der Waals surface area contributed by atoms with Crippen molar-refractivity contribution in [2.45, 2.75) is 19.6 Å². The third-order valence-corrected chi connectivity index (χ3v) is 2.69. The maximum absolute atomic E-state index is 11.7. The van der Waals surface area contributed by atoms with Crippen LogP contribution >= 0.6 is 0 Å². The van der Waals surface area contributed by atoms with Gasteiger partial charge in [0.2, 0.25) is 6.29 Å². The smallest absolute Gasteiger partial charge is 0.321 e. The fourth-order valence-electron chi connectivity index (χ4n) is 1.84. The minimum absolute atomic E-state index is 0.265. The van der Waals surface area contributed by atoms with E-state index in [1.165, 1.54) is 0 Å². The van der Waals surface area contributed by atoms with E-state index >= 15 is 0 Å². The Hall–Kier alpha value is -1.88. The number of aliphatic hydroxyl groups is 1. The topological polar surface area (TPSA) is 68.1 Å². The van der Waals surface area contributed by atoms with Gasteiger partial charge < -0.3 is 14.7 Å². The third-order valence-electron chi connectivity index (χ3n) is 2.69. The number of nitrogens with zero attached hydrogens (tertiary/aromatic N) is 1. The first-order valence-corrected chi connectivity index (χ1v) is 5.83. The maximum atomic E-state index is 11.7. The number of aliphatic hydroxyl groups excluding tert-OH is 1. The van der Waals surface area contributed by atoms with Crippen LogP contribution in [0, 0.1) is 5.92 Å². The Morgan fingerprint density at radius 2 is 2.17 bits per heavy atom. The lowest BCUT2D eigenvalue weighted by atomic mass is 9.97. The van der Waals surface area contributed by atoms with Gasteiger partial charge in [0.15, 0.2) is 5.92 Å². The van der Waals surface area contributed by atoms with Crippen molar-refractivity contribution < 1.29 is 19.5 Å². The Labute approximate surface area is 105 Å². The summed E-state index contributed by atoms with van der Waals surface area (Å²) < 4.78 is 4.90. The fourth-order valence-corrected chi connectivity index (χ4v) is 1.84. The molecule has 1 aliphatic heterocycles. The zero-order valence-corrected chi connectivity index (χ0v) is 10.1. The van der Waals surface area contributed by atoms with Gasteiger partial charge in [-0.25, -0.2) is 0 Å². The molecular weight excluding hydrogens is 234 g/mol. The summed E-state index contributed by atoms with van der Waals surface area (Å²) in [5.41, 5.74) is 1.50. The molecule has 0 fully saturated rings. The molecule has 0 bridgehead atoms. The number of benzene rings is 1. The normalized spacial score (nSPS) is 22.2. The quantitative estimate of drug-likeness (QED) is 0.812. The molecule has 5 nitrogen and oxygen atoms in total. The third kappa shape index (κ3) is 2.68. The van der Waals surface area contributed by atoms with Crippen molar-refractivity contribution in [3.05, 3.63) is 35.9 Å². The van der Waals surface area contributed by atoms with Gasteiger partial charge in [0.25, 0.3) is 0 Å². The number of rotatable bonds is 4.